The second-order valence-electron chi connectivity index (χ2n) is 5.20. The summed E-state index contributed by atoms with van der Waals surface area (Å²) < 4.78 is 0. The van der Waals surface area contributed by atoms with Gasteiger partial charge in [-0.3, -0.25) is 4.79 Å². The molecule has 106 valence electrons. The number of aliphatic carboxylic acids is 1. The molecule has 0 spiro atoms. The minimum absolute atomic E-state index is 0.485. The van der Waals surface area contributed by atoms with Gasteiger partial charge in [-0.1, -0.05) is 48.5 Å². The third-order valence-electron chi connectivity index (χ3n) is 3.86. The number of para-hydroxylation sites is 1. The molecule has 0 saturated heterocycles. The summed E-state index contributed by atoms with van der Waals surface area (Å²) in [6.07, 6.45) is 3.19. The molecule has 0 aliphatic heterocycles. The third-order valence-corrected chi connectivity index (χ3v) is 3.86. The van der Waals surface area contributed by atoms with E-state index in [1.807, 2.05) is 60.8 Å². The Labute approximate surface area is 123 Å². The first-order valence-electron chi connectivity index (χ1n) is 7.08. The van der Waals surface area contributed by atoms with E-state index >= 15 is 0 Å². The van der Waals surface area contributed by atoms with Gasteiger partial charge in [0.1, 0.15) is 0 Å². The first-order chi connectivity index (χ1) is 10.3. The zero-order chi connectivity index (χ0) is 14.7. The van der Waals surface area contributed by atoms with Crippen molar-refractivity contribution in [3.05, 3.63) is 71.9 Å². The van der Waals surface area contributed by atoms with E-state index in [4.69, 9.17) is 0 Å². The number of H-pyrrole nitrogens is 1. The fourth-order valence-electron chi connectivity index (χ4n) is 2.75. The summed E-state index contributed by atoms with van der Waals surface area (Å²) >= 11 is 0. The Morgan fingerprint density at radius 3 is 2.52 bits per heavy atom. The molecule has 3 rings (SSSR count). The van der Waals surface area contributed by atoms with E-state index in [0.717, 1.165) is 22.9 Å². The second kappa shape index (κ2) is 5.83. The van der Waals surface area contributed by atoms with Gasteiger partial charge in [-0.2, -0.15) is 0 Å². The van der Waals surface area contributed by atoms with Crippen molar-refractivity contribution in [3.63, 3.8) is 0 Å². The number of aryl methyl sites for hydroxylation is 1. The quantitative estimate of drug-likeness (QED) is 0.742. The monoisotopic (exact) mass is 279 g/mol. The van der Waals surface area contributed by atoms with Crippen LogP contribution < -0.4 is 0 Å². The zero-order valence-electron chi connectivity index (χ0n) is 11.6. The largest absolute Gasteiger partial charge is 0.481 e. The van der Waals surface area contributed by atoms with E-state index in [-0.39, 0.29) is 0 Å². The van der Waals surface area contributed by atoms with Crippen LogP contribution in [-0.4, -0.2) is 16.1 Å². The number of rotatable bonds is 5. The highest BCUT2D eigenvalue weighted by Crippen LogP contribution is 2.29. The fourth-order valence-corrected chi connectivity index (χ4v) is 2.75. The second-order valence-corrected chi connectivity index (χ2v) is 5.20. The number of hydrogen-bond acceptors (Lipinski definition) is 1. The molecular formula is C18H17NO2. The van der Waals surface area contributed by atoms with Gasteiger partial charge < -0.3 is 10.1 Å². The zero-order valence-corrected chi connectivity index (χ0v) is 11.6. The lowest BCUT2D eigenvalue weighted by atomic mass is 9.92. The maximum atomic E-state index is 11.6. The Kier molecular flexibility index (Phi) is 3.73. The van der Waals surface area contributed by atoms with Crippen molar-refractivity contribution in [1.29, 1.82) is 0 Å². The Morgan fingerprint density at radius 2 is 1.76 bits per heavy atom. The standard InChI is InChI=1S/C18H17NO2/c20-18(21)15(11-10-13-6-2-1-3-7-13)16-12-19-17-9-5-4-8-14(16)17/h1-9,12,15,19H,10-11H2,(H,20,21). The van der Waals surface area contributed by atoms with Crippen LogP contribution in [0.2, 0.25) is 0 Å². The summed E-state index contributed by atoms with van der Waals surface area (Å²) in [6.45, 7) is 0. The fraction of sp³-hybridized carbons (Fsp3) is 0.167. The molecule has 1 aromatic heterocycles. The van der Waals surface area contributed by atoms with Gasteiger partial charge in [0.05, 0.1) is 5.92 Å². The van der Waals surface area contributed by atoms with Crippen LogP contribution in [-0.2, 0) is 11.2 Å². The first kappa shape index (κ1) is 13.4. The highest BCUT2D eigenvalue weighted by atomic mass is 16.4. The van der Waals surface area contributed by atoms with Gasteiger partial charge in [0.2, 0.25) is 0 Å². The molecule has 1 atom stereocenters. The predicted octanol–water partition coefficient (Wildman–Crippen LogP) is 3.97. The average molecular weight is 279 g/mol. The number of hydrogen-bond donors (Lipinski definition) is 2. The normalized spacial score (nSPS) is 12.4. The molecule has 1 heterocycles. The van der Waals surface area contributed by atoms with E-state index in [1.165, 1.54) is 5.56 Å². The maximum Gasteiger partial charge on any atom is 0.311 e. The van der Waals surface area contributed by atoms with Crippen LogP contribution in [0.4, 0.5) is 0 Å². The molecule has 0 aliphatic rings. The lowest BCUT2D eigenvalue weighted by Gasteiger charge is -2.11. The highest BCUT2D eigenvalue weighted by molar-refractivity contribution is 5.89. The SMILES string of the molecule is O=C(O)C(CCc1ccccc1)c1c[nH]c2ccccc12. The van der Waals surface area contributed by atoms with Gasteiger partial charge in [-0.25, -0.2) is 0 Å². The van der Waals surface area contributed by atoms with Crippen molar-refractivity contribution in [1.82, 2.24) is 4.98 Å². The molecule has 0 saturated carbocycles. The Morgan fingerprint density at radius 1 is 1.05 bits per heavy atom. The third kappa shape index (κ3) is 2.82. The number of aromatic nitrogens is 1. The van der Waals surface area contributed by atoms with Gasteiger partial charge >= 0.3 is 5.97 Å². The van der Waals surface area contributed by atoms with Crippen LogP contribution in [0, 0.1) is 0 Å². The van der Waals surface area contributed by atoms with Gasteiger partial charge in [-0.15, -0.1) is 0 Å². The van der Waals surface area contributed by atoms with Crippen molar-refractivity contribution in [2.45, 2.75) is 18.8 Å². The van der Waals surface area contributed by atoms with E-state index in [1.54, 1.807) is 0 Å². The van der Waals surface area contributed by atoms with Crippen molar-refractivity contribution >= 4 is 16.9 Å². The Bertz CT molecular complexity index is 746. The maximum absolute atomic E-state index is 11.6. The molecule has 0 radical (unpaired) electrons. The van der Waals surface area contributed by atoms with Crippen LogP contribution in [0.3, 0.4) is 0 Å². The van der Waals surface area contributed by atoms with E-state index in [0.29, 0.717) is 6.42 Å². The number of fused-ring (bicyclic) bond motifs is 1. The number of carboxylic acids is 1. The van der Waals surface area contributed by atoms with Crippen molar-refractivity contribution in [2.75, 3.05) is 0 Å². The Balaban J connectivity index is 1.86. The van der Waals surface area contributed by atoms with Gasteiger partial charge in [0.25, 0.3) is 0 Å². The smallest absolute Gasteiger partial charge is 0.311 e. The Hall–Kier alpha value is -2.55. The summed E-state index contributed by atoms with van der Waals surface area (Å²) in [5.41, 5.74) is 3.02. The summed E-state index contributed by atoms with van der Waals surface area (Å²) in [6, 6.07) is 17.8. The molecule has 0 bridgehead atoms. The van der Waals surface area contributed by atoms with Crippen molar-refractivity contribution < 1.29 is 9.90 Å². The minimum atomic E-state index is -0.768. The van der Waals surface area contributed by atoms with E-state index in [9.17, 15) is 9.90 Å². The molecule has 1 unspecified atom stereocenters. The van der Waals surface area contributed by atoms with Crippen molar-refractivity contribution in [2.24, 2.45) is 0 Å². The summed E-state index contributed by atoms with van der Waals surface area (Å²) in [4.78, 5) is 14.8. The number of nitrogens with one attached hydrogen (secondary N) is 1. The molecule has 21 heavy (non-hydrogen) atoms. The number of aromatic amines is 1. The van der Waals surface area contributed by atoms with Crippen LogP contribution in [0.1, 0.15) is 23.5 Å². The minimum Gasteiger partial charge on any atom is -0.481 e. The topological polar surface area (TPSA) is 53.1 Å². The molecule has 0 aliphatic carbocycles. The van der Waals surface area contributed by atoms with Gasteiger partial charge in [-0.05, 0) is 30.0 Å². The van der Waals surface area contributed by atoms with Gasteiger partial charge in [0, 0.05) is 17.1 Å². The highest BCUT2D eigenvalue weighted by Gasteiger charge is 2.22. The van der Waals surface area contributed by atoms with Crippen molar-refractivity contribution in [3.8, 4) is 0 Å². The molecule has 3 nitrogen and oxygen atoms in total. The van der Waals surface area contributed by atoms with Crippen LogP contribution in [0.15, 0.2) is 60.8 Å². The predicted molar refractivity (Wildman–Crippen MR) is 83.4 cm³/mol. The van der Waals surface area contributed by atoms with Crippen LogP contribution >= 0.6 is 0 Å². The first-order valence-corrected chi connectivity index (χ1v) is 7.08. The lowest BCUT2D eigenvalue weighted by Crippen LogP contribution is -2.12. The molecular weight excluding hydrogens is 262 g/mol. The van der Waals surface area contributed by atoms with Crippen LogP contribution in [0.5, 0.6) is 0 Å². The van der Waals surface area contributed by atoms with Gasteiger partial charge in [0.15, 0.2) is 0 Å². The molecule has 0 fully saturated rings. The lowest BCUT2D eigenvalue weighted by molar-refractivity contribution is -0.138. The molecule has 2 N–H and O–H groups in total. The summed E-state index contributed by atoms with van der Waals surface area (Å²) in [5.74, 6) is -1.25. The van der Waals surface area contributed by atoms with E-state index in [2.05, 4.69) is 4.98 Å². The number of carboxylic acid groups (broad SMARTS) is 1. The summed E-state index contributed by atoms with van der Waals surface area (Å²) in [7, 11) is 0. The van der Waals surface area contributed by atoms with Crippen LogP contribution in [0.25, 0.3) is 10.9 Å². The number of benzene rings is 2. The molecule has 2 aromatic carbocycles. The summed E-state index contributed by atoms with van der Waals surface area (Å²) in [5, 5.41) is 10.6. The van der Waals surface area contributed by atoms with E-state index < -0.39 is 11.9 Å². The molecule has 3 aromatic rings. The molecule has 3 heteroatoms. The average Bonchev–Trinajstić information content (AvgIpc) is 2.92. The molecule has 0 amide bonds. The number of carbonyl (C=O) groups is 1.